The topological polar surface area (TPSA) is 111 Å². The standard InChI is InChI=1S/C21H27N3O6S/c1-13(21(25)22-11-16-4-5-18-19(10-16)29-12-28-18)17-6-8-24(9-7-17)31(26,27)20-14(2)23-30-15(20)3/h4-5,10,13,17H,6-9,11-12H2,1-3H3,(H,22,25)/t13-/m1/s1. The second-order valence-corrected chi connectivity index (χ2v) is 9.96. The van der Waals surface area contributed by atoms with E-state index < -0.39 is 10.0 Å². The summed E-state index contributed by atoms with van der Waals surface area (Å²) in [6.45, 7) is 6.49. The summed E-state index contributed by atoms with van der Waals surface area (Å²) >= 11 is 0. The van der Waals surface area contributed by atoms with Crippen molar-refractivity contribution in [2.45, 2.75) is 45.1 Å². The molecule has 2 aromatic rings. The number of aromatic nitrogens is 1. The molecule has 1 aromatic carbocycles. The lowest BCUT2D eigenvalue weighted by molar-refractivity contribution is -0.126. The molecule has 0 saturated carbocycles. The minimum absolute atomic E-state index is 0.0373. The van der Waals surface area contributed by atoms with E-state index in [0.29, 0.717) is 55.4 Å². The zero-order chi connectivity index (χ0) is 22.2. The van der Waals surface area contributed by atoms with Crippen molar-refractivity contribution in [2.75, 3.05) is 19.9 Å². The van der Waals surface area contributed by atoms with Crippen LogP contribution in [-0.2, 0) is 21.4 Å². The summed E-state index contributed by atoms with van der Waals surface area (Å²) in [6.07, 6.45) is 1.25. The highest BCUT2D eigenvalue weighted by molar-refractivity contribution is 7.89. The number of ether oxygens (including phenoxy) is 2. The van der Waals surface area contributed by atoms with E-state index in [1.165, 1.54) is 4.31 Å². The van der Waals surface area contributed by atoms with Crippen molar-refractivity contribution in [1.29, 1.82) is 0 Å². The first-order valence-electron chi connectivity index (χ1n) is 10.4. The molecule has 2 aliphatic heterocycles. The molecule has 0 bridgehead atoms. The van der Waals surface area contributed by atoms with Crippen molar-refractivity contribution in [1.82, 2.24) is 14.8 Å². The molecule has 4 rings (SSSR count). The van der Waals surface area contributed by atoms with Crippen LogP contribution in [0.1, 0.15) is 36.8 Å². The van der Waals surface area contributed by atoms with Gasteiger partial charge in [-0.15, -0.1) is 0 Å². The first-order chi connectivity index (χ1) is 14.8. The summed E-state index contributed by atoms with van der Waals surface area (Å²) < 4.78 is 43.1. The monoisotopic (exact) mass is 449 g/mol. The Morgan fingerprint density at radius 3 is 2.61 bits per heavy atom. The maximum Gasteiger partial charge on any atom is 0.248 e. The predicted molar refractivity (Wildman–Crippen MR) is 111 cm³/mol. The summed E-state index contributed by atoms with van der Waals surface area (Å²) in [4.78, 5) is 12.8. The van der Waals surface area contributed by atoms with Gasteiger partial charge in [-0.3, -0.25) is 4.79 Å². The van der Waals surface area contributed by atoms with E-state index in [2.05, 4.69) is 10.5 Å². The van der Waals surface area contributed by atoms with Crippen LogP contribution in [0.2, 0.25) is 0 Å². The van der Waals surface area contributed by atoms with E-state index in [1.807, 2.05) is 25.1 Å². The normalized spacial score (nSPS) is 18.2. The third-order valence-corrected chi connectivity index (χ3v) is 8.23. The number of piperidine rings is 1. The summed E-state index contributed by atoms with van der Waals surface area (Å²) in [6, 6.07) is 5.60. The fourth-order valence-corrected chi connectivity index (χ4v) is 5.96. The molecule has 10 heteroatoms. The van der Waals surface area contributed by atoms with E-state index in [9.17, 15) is 13.2 Å². The highest BCUT2D eigenvalue weighted by Crippen LogP contribution is 2.33. The lowest BCUT2D eigenvalue weighted by Crippen LogP contribution is -2.42. The van der Waals surface area contributed by atoms with E-state index in [1.54, 1.807) is 13.8 Å². The Labute approximate surface area is 181 Å². The maximum absolute atomic E-state index is 13.0. The number of carbonyl (C=O) groups excluding carboxylic acids is 1. The molecule has 31 heavy (non-hydrogen) atoms. The van der Waals surface area contributed by atoms with Gasteiger partial charge in [0.1, 0.15) is 10.6 Å². The Bertz CT molecular complexity index is 1050. The summed E-state index contributed by atoms with van der Waals surface area (Å²) in [7, 11) is -3.65. The molecule has 168 valence electrons. The second kappa shape index (κ2) is 8.51. The van der Waals surface area contributed by atoms with E-state index in [-0.39, 0.29) is 29.4 Å². The van der Waals surface area contributed by atoms with Crippen LogP contribution in [0.25, 0.3) is 0 Å². The largest absolute Gasteiger partial charge is 0.454 e. The van der Waals surface area contributed by atoms with Crippen molar-refractivity contribution in [3.05, 3.63) is 35.2 Å². The number of rotatable bonds is 6. The molecule has 1 atom stereocenters. The van der Waals surface area contributed by atoms with Crippen molar-refractivity contribution in [3.63, 3.8) is 0 Å². The van der Waals surface area contributed by atoms with Crippen molar-refractivity contribution in [2.24, 2.45) is 11.8 Å². The number of hydrogen-bond donors (Lipinski definition) is 1. The number of nitrogens with one attached hydrogen (secondary N) is 1. The van der Waals surface area contributed by atoms with Crippen LogP contribution in [0.3, 0.4) is 0 Å². The van der Waals surface area contributed by atoms with Crippen molar-refractivity contribution < 1.29 is 27.2 Å². The summed E-state index contributed by atoms with van der Waals surface area (Å²) in [5, 5.41) is 6.74. The Morgan fingerprint density at radius 2 is 1.94 bits per heavy atom. The third kappa shape index (κ3) is 4.27. The van der Waals surface area contributed by atoms with Gasteiger partial charge in [0.25, 0.3) is 0 Å². The van der Waals surface area contributed by atoms with Gasteiger partial charge in [-0.2, -0.15) is 4.31 Å². The number of fused-ring (bicyclic) bond motifs is 1. The predicted octanol–water partition coefficient (Wildman–Crippen LogP) is 2.37. The Hall–Kier alpha value is -2.59. The van der Waals surface area contributed by atoms with Crippen LogP contribution in [-0.4, -0.2) is 43.7 Å². The average Bonchev–Trinajstić information content (AvgIpc) is 3.37. The van der Waals surface area contributed by atoms with Gasteiger partial charge >= 0.3 is 0 Å². The Balaban J connectivity index is 1.31. The van der Waals surface area contributed by atoms with Gasteiger partial charge in [-0.1, -0.05) is 18.1 Å². The van der Waals surface area contributed by atoms with E-state index >= 15 is 0 Å². The number of hydrogen-bond acceptors (Lipinski definition) is 7. The minimum atomic E-state index is -3.65. The lowest BCUT2D eigenvalue weighted by Gasteiger charge is -2.33. The van der Waals surface area contributed by atoms with Gasteiger partial charge in [0.05, 0.1) is 0 Å². The first kappa shape index (κ1) is 21.6. The molecule has 0 aliphatic carbocycles. The van der Waals surface area contributed by atoms with Crippen molar-refractivity contribution >= 4 is 15.9 Å². The maximum atomic E-state index is 13.0. The Morgan fingerprint density at radius 1 is 1.23 bits per heavy atom. The van der Waals surface area contributed by atoms with Gasteiger partial charge in [-0.05, 0) is 50.3 Å². The van der Waals surface area contributed by atoms with Gasteiger partial charge in [0, 0.05) is 25.6 Å². The highest BCUT2D eigenvalue weighted by atomic mass is 32.2. The zero-order valence-electron chi connectivity index (χ0n) is 17.9. The summed E-state index contributed by atoms with van der Waals surface area (Å²) in [5.74, 6) is 1.57. The fraction of sp³-hybridized carbons (Fsp3) is 0.524. The van der Waals surface area contributed by atoms with Crippen LogP contribution in [0.15, 0.2) is 27.6 Å². The SMILES string of the molecule is Cc1noc(C)c1S(=O)(=O)N1CCC([C@@H](C)C(=O)NCc2ccc3c(c2)OCO3)CC1. The zero-order valence-corrected chi connectivity index (χ0v) is 18.7. The lowest BCUT2D eigenvalue weighted by atomic mass is 9.85. The molecule has 0 spiro atoms. The number of benzene rings is 1. The van der Waals surface area contributed by atoms with Gasteiger partial charge in [0.2, 0.25) is 22.7 Å². The smallest absolute Gasteiger partial charge is 0.248 e. The van der Waals surface area contributed by atoms with Crippen LogP contribution < -0.4 is 14.8 Å². The Kier molecular flexibility index (Phi) is 5.94. The van der Waals surface area contributed by atoms with Crippen LogP contribution >= 0.6 is 0 Å². The van der Waals surface area contributed by atoms with Gasteiger partial charge in [-0.25, -0.2) is 8.42 Å². The molecule has 1 saturated heterocycles. The molecular weight excluding hydrogens is 422 g/mol. The number of amides is 1. The molecule has 1 amide bonds. The van der Waals surface area contributed by atoms with Gasteiger partial charge in [0.15, 0.2) is 17.3 Å². The minimum Gasteiger partial charge on any atom is -0.454 e. The molecule has 1 aromatic heterocycles. The molecule has 9 nitrogen and oxygen atoms in total. The molecule has 0 unspecified atom stereocenters. The average molecular weight is 450 g/mol. The first-order valence-corrected chi connectivity index (χ1v) is 11.8. The number of nitrogens with zero attached hydrogens (tertiary/aromatic N) is 2. The molecule has 3 heterocycles. The third-order valence-electron chi connectivity index (χ3n) is 6.09. The van der Waals surface area contributed by atoms with Gasteiger partial charge < -0.3 is 19.3 Å². The number of sulfonamides is 1. The highest BCUT2D eigenvalue weighted by Gasteiger charge is 2.36. The van der Waals surface area contributed by atoms with E-state index in [4.69, 9.17) is 14.0 Å². The number of carbonyl (C=O) groups is 1. The van der Waals surface area contributed by atoms with Crippen LogP contribution in [0.4, 0.5) is 0 Å². The quantitative estimate of drug-likeness (QED) is 0.721. The van der Waals surface area contributed by atoms with Crippen LogP contribution in [0, 0.1) is 25.7 Å². The fourth-order valence-electron chi connectivity index (χ4n) is 4.20. The molecule has 0 radical (unpaired) electrons. The number of aryl methyl sites for hydroxylation is 2. The van der Waals surface area contributed by atoms with E-state index in [0.717, 1.165) is 5.56 Å². The van der Waals surface area contributed by atoms with Crippen LogP contribution in [0.5, 0.6) is 11.5 Å². The molecular formula is C21H27N3O6S. The molecule has 1 fully saturated rings. The molecule has 1 N–H and O–H groups in total. The van der Waals surface area contributed by atoms with Crippen molar-refractivity contribution in [3.8, 4) is 11.5 Å². The second-order valence-electron chi connectivity index (χ2n) is 8.09. The molecule has 2 aliphatic rings. The summed E-state index contributed by atoms with van der Waals surface area (Å²) in [5.41, 5.74) is 1.31.